The normalized spacial score (nSPS) is 14.1. The lowest BCUT2D eigenvalue weighted by atomic mass is 10.0. The number of pyridine rings is 1. The van der Waals surface area contributed by atoms with Crippen molar-refractivity contribution in [2.75, 3.05) is 18.9 Å². The summed E-state index contributed by atoms with van der Waals surface area (Å²) in [7, 11) is 2.00. The van der Waals surface area contributed by atoms with Crippen LogP contribution in [0.2, 0.25) is 5.02 Å². The summed E-state index contributed by atoms with van der Waals surface area (Å²) >= 11 is 6.09. The minimum atomic E-state index is -0.494. The first kappa shape index (κ1) is 18.8. The SMILES string of the molecule is CN1CCn2c(c(Nc3ncnc4[nH]ccc34)cc(-c3cc(Cl)ccc3F)c2=O)C1. The summed E-state index contributed by atoms with van der Waals surface area (Å²) in [6.07, 6.45) is 3.25. The number of halogens is 2. The molecule has 0 bridgehead atoms. The number of hydrogen-bond donors (Lipinski definition) is 2. The third kappa shape index (κ3) is 3.14. The Morgan fingerprint density at radius 2 is 2.03 bits per heavy atom. The third-order valence-corrected chi connectivity index (χ3v) is 5.59. The monoisotopic (exact) mass is 424 g/mol. The van der Waals surface area contributed by atoms with Gasteiger partial charge in [-0.3, -0.25) is 9.69 Å². The number of hydrogen-bond acceptors (Lipinski definition) is 5. The molecule has 30 heavy (non-hydrogen) atoms. The highest BCUT2D eigenvalue weighted by atomic mass is 35.5. The molecule has 0 atom stereocenters. The lowest BCUT2D eigenvalue weighted by Gasteiger charge is -2.29. The minimum absolute atomic E-state index is 0.180. The van der Waals surface area contributed by atoms with Gasteiger partial charge in [0.1, 0.15) is 23.6 Å². The zero-order valence-electron chi connectivity index (χ0n) is 16.1. The molecule has 0 amide bonds. The highest BCUT2D eigenvalue weighted by Gasteiger charge is 2.23. The van der Waals surface area contributed by atoms with Crippen LogP contribution in [0.4, 0.5) is 15.9 Å². The Bertz CT molecular complexity index is 1330. The molecular weight excluding hydrogens is 407 g/mol. The van der Waals surface area contributed by atoms with Crippen LogP contribution in [0.15, 0.2) is 47.7 Å². The van der Waals surface area contributed by atoms with Crippen LogP contribution in [0.25, 0.3) is 22.2 Å². The summed E-state index contributed by atoms with van der Waals surface area (Å²) in [5, 5.41) is 4.53. The van der Waals surface area contributed by atoms with Crippen LogP contribution in [0.3, 0.4) is 0 Å². The average molecular weight is 425 g/mol. The average Bonchev–Trinajstić information content (AvgIpc) is 3.22. The van der Waals surface area contributed by atoms with Crippen LogP contribution in [0.5, 0.6) is 0 Å². The largest absolute Gasteiger partial charge is 0.346 e. The summed E-state index contributed by atoms with van der Waals surface area (Å²) in [6.45, 7) is 1.82. The molecule has 7 nitrogen and oxygen atoms in total. The fourth-order valence-electron chi connectivity index (χ4n) is 3.82. The number of aromatic amines is 1. The van der Waals surface area contributed by atoms with Crippen LogP contribution in [-0.4, -0.2) is 38.0 Å². The lowest BCUT2D eigenvalue weighted by molar-refractivity contribution is 0.266. The fraction of sp³-hybridized carbons (Fsp3) is 0.190. The molecule has 4 heterocycles. The van der Waals surface area contributed by atoms with Crippen molar-refractivity contribution < 1.29 is 4.39 Å². The molecule has 4 aromatic rings. The molecule has 5 rings (SSSR count). The highest BCUT2D eigenvalue weighted by Crippen LogP contribution is 2.31. The molecule has 2 N–H and O–H groups in total. The van der Waals surface area contributed by atoms with E-state index in [4.69, 9.17) is 11.6 Å². The van der Waals surface area contributed by atoms with Crippen molar-refractivity contribution in [2.45, 2.75) is 13.1 Å². The molecule has 0 fully saturated rings. The van der Waals surface area contributed by atoms with Gasteiger partial charge in [0, 0.05) is 36.4 Å². The van der Waals surface area contributed by atoms with Gasteiger partial charge in [-0.2, -0.15) is 0 Å². The van der Waals surface area contributed by atoms with E-state index in [1.807, 2.05) is 13.1 Å². The number of fused-ring (bicyclic) bond motifs is 2. The molecule has 9 heteroatoms. The molecule has 1 aliphatic heterocycles. The Hall–Kier alpha value is -3.23. The van der Waals surface area contributed by atoms with E-state index in [0.29, 0.717) is 35.3 Å². The van der Waals surface area contributed by atoms with Crippen LogP contribution < -0.4 is 10.9 Å². The van der Waals surface area contributed by atoms with E-state index in [-0.39, 0.29) is 16.7 Å². The Balaban J connectivity index is 1.72. The maximum atomic E-state index is 14.6. The maximum absolute atomic E-state index is 14.6. The summed E-state index contributed by atoms with van der Waals surface area (Å²) in [5.74, 6) is 0.111. The Kier molecular flexibility index (Phi) is 4.52. The van der Waals surface area contributed by atoms with Gasteiger partial charge in [0.05, 0.1) is 22.3 Å². The van der Waals surface area contributed by atoms with E-state index in [1.165, 1.54) is 24.5 Å². The molecule has 0 aliphatic carbocycles. The molecule has 0 saturated carbocycles. The van der Waals surface area contributed by atoms with Crippen molar-refractivity contribution >= 4 is 34.1 Å². The second-order valence-electron chi connectivity index (χ2n) is 7.32. The number of aromatic nitrogens is 4. The van der Waals surface area contributed by atoms with Crippen LogP contribution in [-0.2, 0) is 13.1 Å². The summed E-state index contributed by atoms with van der Waals surface area (Å²) in [6, 6.07) is 7.78. The number of anilines is 2. The summed E-state index contributed by atoms with van der Waals surface area (Å²) in [5.41, 5.74) is 2.41. The van der Waals surface area contributed by atoms with Gasteiger partial charge in [-0.1, -0.05) is 11.6 Å². The number of nitrogens with one attached hydrogen (secondary N) is 2. The fourth-order valence-corrected chi connectivity index (χ4v) is 3.99. The first-order chi connectivity index (χ1) is 14.5. The molecule has 0 spiro atoms. The van der Waals surface area contributed by atoms with Crippen molar-refractivity contribution in [1.82, 2.24) is 24.4 Å². The standard InChI is InChI=1S/C21H18ClFN6O/c1-28-6-7-29-18(10-28)17(27-20-13-4-5-24-19(13)25-11-26-20)9-15(21(29)30)14-8-12(22)2-3-16(14)23/h2-5,8-9,11H,6-7,10H2,1H3,(H2,24,25,26,27). The van der Waals surface area contributed by atoms with Gasteiger partial charge in [-0.05, 0) is 37.4 Å². The Morgan fingerprint density at radius 3 is 2.90 bits per heavy atom. The zero-order chi connectivity index (χ0) is 20.8. The molecule has 0 saturated heterocycles. The van der Waals surface area contributed by atoms with Crippen LogP contribution in [0, 0.1) is 5.82 Å². The van der Waals surface area contributed by atoms with E-state index in [9.17, 15) is 9.18 Å². The van der Waals surface area contributed by atoms with E-state index in [0.717, 1.165) is 17.6 Å². The molecule has 1 aromatic carbocycles. The Morgan fingerprint density at radius 1 is 1.17 bits per heavy atom. The topological polar surface area (TPSA) is 78.8 Å². The first-order valence-corrected chi connectivity index (χ1v) is 9.85. The van der Waals surface area contributed by atoms with Gasteiger partial charge in [0.2, 0.25) is 0 Å². The van der Waals surface area contributed by atoms with Crippen molar-refractivity contribution in [3.05, 3.63) is 69.7 Å². The van der Waals surface area contributed by atoms with Gasteiger partial charge in [0.15, 0.2) is 0 Å². The van der Waals surface area contributed by atoms with E-state index in [2.05, 4.69) is 25.2 Å². The van der Waals surface area contributed by atoms with Gasteiger partial charge in [-0.25, -0.2) is 14.4 Å². The van der Waals surface area contributed by atoms with Crippen molar-refractivity contribution in [3.63, 3.8) is 0 Å². The number of H-pyrrole nitrogens is 1. The number of benzene rings is 1. The molecule has 1 aliphatic rings. The van der Waals surface area contributed by atoms with E-state index >= 15 is 0 Å². The minimum Gasteiger partial charge on any atom is -0.346 e. The van der Waals surface area contributed by atoms with Crippen LogP contribution >= 0.6 is 11.6 Å². The molecule has 152 valence electrons. The lowest BCUT2D eigenvalue weighted by Crippen LogP contribution is -2.38. The number of rotatable bonds is 3. The predicted octanol–water partition coefficient (Wildman–Crippen LogP) is 3.77. The molecule has 0 radical (unpaired) electrons. The molecule has 0 unspecified atom stereocenters. The quantitative estimate of drug-likeness (QED) is 0.523. The molecule has 3 aromatic heterocycles. The third-order valence-electron chi connectivity index (χ3n) is 5.35. The second kappa shape index (κ2) is 7.23. The van der Waals surface area contributed by atoms with Crippen LogP contribution in [0.1, 0.15) is 5.69 Å². The van der Waals surface area contributed by atoms with E-state index in [1.54, 1.807) is 16.8 Å². The van der Waals surface area contributed by atoms with Gasteiger partial charge in [0.25, 0.3) is 5.56 Å². The predicted molar refractivity (Wildman–Crippen MR) is 115 cm³/mol. The molecular formula is C21H18ClFN6O. The van der Waals surface area contributed by atoms with E-state index < -0.39 is 5.82 Å². The van der Waals surface area contributed by atoms with Gasteiger partial charge >= 0.3 is 0 Å². The van der Waals surface area contributed by atoms with Crippen molar-refractivity contribution in [2.24, 2.45) is 0 Å². The first-order valence-electron chi connectivity index (χ1n) is 9.47. The van der Waals surface area contributed by atoms with Gasteiger partial charge < -0.3 is 14.9 Å². The van der Waals surface area contributed by atoms with Gasteiger partial charge in [-0.15, -0.1) is 0 Å². The summed E-state index contributed by atoms with van der Waals surface area (Å²) in [4.78, 5) is 27.0. The Labute approximate surface area is 176 Å². The second-order valence-corrected chi connectivity index (χ2v) is 7.76. The van der Waals surface area contributed by atoms with Crippen molar-refractivity contribution in [3.8, 4) is 11.1 Å². The number of likely N-dealkylation sites (N-methyl/N-ethyl adjacent to an activating group) is 1. The zero-order valence-corrected chi connectivity index (χ0v) is 16.9. The summed E-state index contributed by atoms with van der Waals surface area (Å²) < 4.78 is 16.3. The number of nitrogens with zero attached hydrogens (tertiary/aromatic N) is 4. The smallest absolute Gasteiger partial charge is 0.258 e. The van der Waals surface area contributed by atoms with Crippen molar-refractivity contribution in [1.29, 1.82) is 0 Å². The maximum Gasteiger partial charge on any atom is 0.258 e. The highest BCUT2D eigenvalue weighted by molar-refractivity contribution is 6.30.